The highest BCUT2D eigenvalue weighted by Gasteiger charge is 2.40. The highest BCUT2D eigenvalue weighted by Crippen LogP contribution is 2.40. The van der Waals surface area contributed by atoms with E-state index < -0.39 is 5.41 Å². The summed E-state index contributed by atoms with van der Waals surface area (Å²) in [5, 5.41) is 0. The molecular formula is C15H20FNO. The van der Waals surface area contributed by atoms with Crippen molar-refractivity contribution in [3.8, 4) is 0 Å². The van der Waals surface area contributed by atoms with E-state index in [-0.39, 0.29) is 11.6 Å². The predicted molar refractivity (Wildman–Crippen MR) is 69.8 cm³/mol. The van der Waals surface area contributed by atoms with E-state index in [0.717, 1.165) is 25.7 Å². The third-order valence-corrected chi connectivity index (χ3v) is 4.19. The molecule has 1 aliphatic rings. The molecule has 0 saturated heterocycles. The van der Waals surface area contributed by atoms with Crippen molar-refractivity contribution in [1.29, 1.82) is 0 Å². The summed E-state index contributed by atoms with van der Waals surface area (Å²) in [5.74, 6) is 0.304. The summed E-state index contributed by atoms with van der Waals surface area (Å²) >= 11 is 0. The fourth-order valence-corrected chi connectivity index (χ4v) is 2.77. The quantitative estimate of drug-likeness (QED) is 0.836. The summed E-state index contributed by atoms with van der Waals surface area (Å²) in [6.45, 7) is 2.56. The topological polar surface area (TPSA) is 43.1 Å². The molecule has 0 atom stereocenters. The fourth-order valence-electron chi connectivity index (χ4n) is 2.77. The summed E-state index contributed by atoms with van der Waals surface area (Å²) in [7, 11) is 0. The van der Waals surface area contributed by atoms with Gasteiger partial charge in [0, 0.05) is 17.5 Å². The van der Waals surface area contributed by atoms with E-state index in [1.165, 1.54) is 12.1 Å². The lowest BCUT2D eigenvalue weighted by molar-refractivity contribution is 0.0695. The molecule has 0 bridgehead atoms. The van der Waals surface area contributed by atoms with E-state index in [2.05, 4.69) is 6.92 Å². The molecular weight excluding hydrogens is 229 g/mol. The zero-order chi connectivity index (χ0) is 13.2. The molecule has 2 rings (SSSR count). The van der Waals surface area contributed by atoms with Crippen LogP contribution < -0.4 is 5.73 Å². The Labute approximate surface area is 107 Å². The van der Waals surface area contributed by atoms with E-state index in [1.807, 2.05) is 0 Å². The molecule has 0 aromatic heterocycles. The Balaban J connectivity index is 2.25. The minimum atomic E-state index is -0.472. The molecule has 0 radical (unpaired) electrons. The molecule has 1 saturated carbocycles. The Kier molecular flexibility index (Phi) is 3.81. The minimum Gasteiger partial charge on any atom is -0.329 e. The highest BCUT2D eigenvalue weighted by molar-refractivity contribution is 6.00. The van der Waals surface area contributed by atoms with E-state index in [0.29, 0.717) is 18.0 Å². The zero-order valence-electron chi connectivity index (χ0n) is 10.8. The van der Waals surface area contributed by atoms with Gasteiger partial charge >= 0.3 is 0 Å². The maximum Gasteiger partial charge on any atom is 0.170 e. The first-order chi connectivity index (χ1) is 8.57. The molecule has 0 spiro atoms. The van der Waals surface area contributed by atoms with Gasteiger partial charge in [0.2, 0.25) is 0 Å². The van der Waals surface area contributed by atoms with Crippen molar-refractivity contribution in [1.82, 2.24) is 0 Å². The van der Waals surface area contributed by atoms with Crippen LogP contribution in [0, 0.1) is 17.2 Å². The number of ketones is 1. The maximum absolute atomic E-state index is 13.2. The van der Waals surface area contributed by atoms with Crippen molar-refractivity contribution >= 4 is 5.78 Å². The number of hydrogen-bond acceptors (Lipinski definition) is 2. The summed E-state index contributed by atoms with van der Waals surface area (Å²) in [5.41, 5.74) is 5.83. The van der Waals surface area contributed by atoms with Crippen LogP contribution in [0.2, 0.25) is 0 Å². The Morgan fingerprint density at radius 2 is 2.11 bits per heavy atom. The van der Waals surface area contributed by atoms with Gasteiger partial charge in [-0.15, -0.1) is 0 Å². The van der Waals surface area contributed by atoms with Crippen LogP contribution in [0.4, 0.5) is 4.39 Å². The Hall–Kier alpha value is -1.22. The van der Waals surface area contributed by atoms with E-state index in [4.69, 9.17) is 5.73 Å². The van der Waals surface area contributed by atoms with Crippen LogP contribution in [-0.4, -0.2) is 12.3 Å². The van der Waals surface area contributed by atoms with Gasteiger partial charge in [0.1, 0.15) is 5.82 Å². The third-order valence-electron chi connectivity index (χ3n) is 4.19. The fraction of sp³-hybridized carbons (Fsp3) is 0.533. The molecule has 1 aromatic carbocycles. The molecule has 18 heavy (non-hydrogen) atoms. The second kappa shape index (κ2) is 5.19. The maximum atomic E-state index is 13.2. The number of hydrogen-bond donors (Lipinski definition) is 1. The second-order valence-electron chi connectivity index (χ2n) is 5.51. The van der Waals surface area contributed by atoms with Crippen molar-refractivity contribution in [3.63, 3.8) is 0 Å². The minimum absolute atomic E-state index is 0.0106. The molecule has 3 heteroatoms. The second-order valence-corrected chi connectivity index (χ2v) is 5.51. The Morgan fingerprint density at radius 1 is 1.44 bits per heavy atom. The molecule has 0 unspecified atom stereocenters. The molecule has 1 fully saturated rings. The molecule has 2 N–H and O–H groups in total. The Morgan fingerprint density at radius 3 is 2.67 bits per heavy atom. The molecule has 1 aliphatic carbocycles. The number of nitrogens with two attached hydrogens (primary N) is 1. The highest BCUT2D eigenvalue weighted by atomic mass is 19.1. The summed E-state index contributed by atoms with van der Waals surface area (Å²) in [4.78, 5) is 12.6. The molecule has 0 aliphatic heterocycles. The van der Waals surface area contributed by atoms with Gasteiger partial charge in [-0.1, -0.05) is 19.1 Å². The molecule has 0 heterocycles. The first kappa shape index (κ1) is 13.2. The van der Waals surface area contributed by atoms with Gasteiger partial charge in [-0.05, 0) is 43.7 Å². The average molecular weight is 249 g/mol. The van der Waals surface area contributed by atoms with Gasteiger partial charge in [-0.3, -0.25) is 4.79 Å². The SMILES string of the molecule is CC1CCC(CN)(C(=O)c2cccc(F)c2)CC1. The number of carbonyl (C=O) groups excluding carboxylic acids is 1. The number of Topliss-reactive ketones (excluding diaryl/α,β-unsaturated/α-hetero) is 1. The molecule has 2 nitrogen and oxygen atoms in total. The summed E-state index contributed by atoms with van der Waals surface area (Å²) in [6, 6.07) is 5.94. The lowest BCUT2D eigenvalue weighted by atomic mass is 9.67. The van der Waals surface area contributed by atoms with Gasteiger partial charge in [0.15, 0.2) is 5.78 Å². The summed E-state index contributed by atoms with van der Waals surface area (Å²) < 4.78 is 13.2. The van der Waals surface area contributed by atoms with Gasteiger partial charge in [0.25, 0.3) is 0 Å². The lowest BCUT2D eigenvalue weighted by Crippen LogP contribution is -2.41. The number of halogens is 1. The molecule has 1 aromatic rings. The van der Waals surface area contributed by atoms with Crippen molar-refractivity contribution < 1.29 is 9.18 Å². The van der Waals surface area contributed by atoms with Crippen molar-refractivity contribution in [2.24, 2.45) is 17.1 Å². The van der Waals surface area contributed by atoms with Crippen LogP contribution in [0.25, 0.3) is 0 Å². The largest absolute Gasteiger partial charge is 0.329 e. The first-order valence-electron chi connectivity index (χ1n) is 6.58. The smallest absolute Gasteiger partial charge is 0.170 e. The van der Waals surface area contributed by atoms with E-state index in [1.54, 1.807) is 12.1 Å². The van der Waals surface area contributed by atoms with Crippen LogP contribution >= 0.6 is 0 Å². The third kappa shape index (κ3) is 2.46. The number of carbonyl (C=O) groups is 1. The Bertz CT molecular complexity index is 436. The summed E-state index contributed by atoms with van der Waals surface area (Å²) in [6.07, 6.45) is 3.69. The number of benzene rings is 1. The molecule has 0 amide bonds. The number of rotatable bonds is 3. The van der Waals surface area contributed by atoms with Crippen molar-refractivity contribution in [2.75, 3.05) is 6.54 Å². The normalized spacial score (nSPS) is 28.1. The van der Waals surface area contributed by atoms with Crippen molar-refractivity contribution in [3.05, 3.63) is 35.6 Å². The lowest BCUT2D eigenvalue weighted by Gasteiger charge is -2.37. The van der Waals surface area contributed by atoms with Crippen LogP contribution in [-0.2, 0) is 0 Å². The monoisotopic (exact) mass is 249 g/mol. The van der Waals surface area contributed by atoms with Crippen LogP contribution in [0.5, 0.6) is 0 Å². The zero-order valence-corrected chi connectivity index (χ0v) is 10.8. The predicted octanol–water partition coefficient (Wildman–Crippen LogP) is 3.16. The first-order valence-corrected chi connectivity index (χ1v) is 6.58. The van der Waals surface area contributed by atoms with E-state index >= 15 is 0 Å². The van der Waals surface area contributed by atoms with Crippen molar-refractivity contribution in [2.45, 2.75) is 32.6 Å². The van der Waals surface area contributed by atoms with Crippen LogP contribution in [0.15, 0.2) is 24.3 Å². The van der Waals surface area contributed by atoms with Gasteiger partial charge in [-0.2, -0.15) is 0 Å². The van der Waals surface area contributed by atoms with Gasteiger partial charge in [0.05, 0.1) is 0 Å². The van der Waals surface area contributed by atoms with Gasteiger partial charge in [-0.25, -0.2) is 4.39 Å². The van der Waals surface area contributed by atoms with Crippen LogP contribution in [0.1, 0.15) is 43.0 Å². The van der Waals surface area contributed by atoms with E-state index in [9.17, 15) is 9.18 Å². The van der Waals surface area contributed by atoms with Gasteiger partial charge < -0.3 is 5.73 Å². The standard InChI is InChI=1S/C15H20FNO/c1-11-5-7-15(10-17,8-6-11)14(18)12-3-2-4-13(16)9-12/h2-4,9,11H,5-8,10,17H2,1H3. The average Bonchev–Trinajstić information content (AvgIpc) is 2.39. The molecule has 98 valence electrons. The van der Waals surface area contributed by atoms with Crippen LogP contribution in [0.3, 0.4) is 0 Å².